The lowest BCUT2D eigenvalue weighted by atomic mass is 9.81. The smallest absolute Gasteiger partial charge is 0.262 e. The summed E-state index contributed by atoms with van der Waals surface area (Å²) in [5.41, 5.74) is 6.13. The number of rotatable bonds is 8. The number of nitrogens with zero attached hydrogens (tertiary/aromatic N) is 3. The van der Waals surface area contributed by atoms with Gasteiger partial charge in [-0.1, -0.05) is 47.1 Å². The third-order valence-corrected chi connectivity index (χ3v) is 8.44. The van der Waals surface area contributed by atoms with Crippen molar-refractivity contribution in [3.8, 4) is 0 Å². The SMILES string of the molecule is Cc1cc(C(CC(c2ccc(C3CCN(S(N)(=O)=O)CC3)cc2)c2ccc(Cl)cc2C)N=O)ccn1. The molecule has 2 aromatic carbocycles. The maximum atomic E-state index is 12.0. The van der Waals surface area contributed by atoms with Crippen LogP contribution in [-0.4, -0.2) is 30.8 Å². The highest BCUT2D eigenvalue weighted by atomic mass is 35.5. The molecule has 1 fully saturated rings. The van der Waals surface area contributed by atoms with Crippen LogP contribution in [0.3, 0.4) is 0 Å². The van der Waals surface area contributed by atoms with Gasteiger partial charge in [0.25, 0.3) is 10.2 Å². The molecule has 7 nitrogen and oxygen atoms in total. The number of hydrogen-bond acceptors (Lipinski definition) is 5. The van der Waals surface area contributed by atoms with Crippen LogP contribution >= 0.6 is 11.6 Å². The topological polar surface area (TPSA) is 106 Å². The first-order valence-electron chi connectivity index (χ1n) is 12.0. The van der Waals surface area contributed by atoms with Crippen LogP contribution in [0.15, 0.2) is 66.0 Å². The first-order chi connectivity index (χ1) is 17.2. The molecule has 0 bridgehead atoms. The van der Waals surface area contributed by atoms with Crippen LogP contribution in [-0.2, 0) is 10.2 Å². The van der Waals surface area contributed by atoms with E-state index in [9.17, 15) is 13.3 Å². The molecule has 190 valence electrons. The molecule has 0 saturated carbocycles. The molecule has 2 atom stereocenters. The minimum absolute atomic E-state index is 0.0586. The Kier molecular flexibility index (Phi) is 8.20. The molecule has 0 aliphatic carbocycles. The molecule has 1 aromatic heterocycles. The van der Waals surface area contributed by atoms with Crippen LogP contribution in [0, 0.1) is 18.8 Å². The maximum absolute atomic E-state index is 12.0. The Hall–Kier alpha value is -2.65. The van der Waals surface area contributed by atoms with E-state index in [2.05, 4.69) is 34.4 Å². The normalized spacial score (nSPS) is 17.0. The van der Waals surface area contributed by atoms with Crippen LogP contribution in [0.2, 0.25) is 5.02 Å². The fourth-order valence-electron chi connectivity index (χ4n) is 5.15. The van der Waals surface area contributed by atoms with Gasteiger partial charge in [0.15, 0.2) is 0 Å². The lowest BCUT2D eigenvalue weighted by Gasteiger charge is -2.30. The Labute approximate surface area is 217 Å². The fraction of sp³-hybridized carbons (Fsp3) is 0.370. The van der Waals surface area contributed by atoms with Gasteiger partial charge in [-0.2, -0.15) is 17.6 Å². The summed E-state index contributed by atoms with van der Waals surface area (Å²) in [6, 6.07) is 17.5. The van der Waals surface area contributed by atoms with Crippen molar-refractivity contribution in [2.75, 3.05) is 13.1 Å². The number of benzene rings is 2. The van der Waals surface area contributed by atoms with Crippen LogP contribution in [0.1, 0.15) is 70.7 Å². The zero-order valence-electron chi connectivity index (χ0n) is 20.5. The minimum atomic E-state index is -3.64. The predicted octanol–water partition coefficient (Wildman–Crippen LogP) is 5.76. The van der Waals surface area contributed by atoms with Gasteiger partial charge >= 0.3 is 0 Å². The summed E-state index contributed by atoms with van der Waals surface area (Å²) in [5, 5.41) is 9.44. The molecule has 0 radical (unpaired) electrons. The Morgan fingerprint density at radius 3 is 2.33 bits per heavy atom. The Morgan fingerprint density at radius 1 is 1.06 bits per heavy atom. The second-order valence-electron chi connectivity index (χ2n) is 9.53. The van der Waals surface area contributed by atoms with Crippen molar-refractivity contribution in [2.24, 2.45) is 10.3 Å². The first-order valence-corrected chi connectivity index (χ1v) is 13.9. The summed E-state index contributed by atoms with van der Waals surface area (Å²) in [6.45, 7) is 4.78. The van der Waals surface area contributed by atoms with Crippen LogP contribution in [0.4, 0.5) is 0 Å². The minimum Gasteiger partial charge on any atom is -0.262 e. The van der Waals surface area contributed by atoms with Gasteiger partial charge in [-0.25, -0.2) is 5.14 Å². The summed E-state index contributed by atoms with van der Waals surface area (Å²) in [6.07, 6.45) is 3.69. The third kappa shape index (κ3) is 6.18. The lowest BCUT2D eigenvalue weighted by Crippen LogP contribution is -2.41. The van der Waals surface area contributed by atoms with Gasteiger partial charge in [0.05, 0.1) is 0 Å². The van der Waals surface area contributed by atoms with Crippen molar-refractivity contribution in [3.63, 3.8) is 0 Å². The highest BCUT2D eigenvalue weighted by Crippen LogP contribution is 2.39. The quantitative estimate of drug-likeness (QED) is 0.376. The summed E-state index contributed by atoms with van der Waals surface area (Å²) in [4.78, 5) is 16.2. The van der Waals surface area contributed by atoms with E-state index in [0.29, 0.717) is 24.5 Å². The van der Waals surface area contributed by atoms with Gasteiger partial charge < -0.3 is 0 Å². The molecule has 9 heteroatoms. The number of pyridine rings is 1. The van der Waals surface area contributed by atoms with E-state index in [1.807, 2.05) is 44.2 Å². The summed E-state index contributed by atoms with van der Waals surface area (Å²) in [5.74, 6) is 0.216. The second-order valence-corrected chi connectivity index (χ2v) is 11.5. The van der Waals surface area contributed by atoms with Gasteiger partial charge in [0, 0.05) is 35.9 Å². The summed E-state index contributed by atoms with van der Waals surface area (Å²) in [7, 11) is -3.64. The largest absolute Gasteiger partial charge is 0.276 e. The number of nitrogens with two attached hydrogens (primary N) is 1. The zero-order chi connectivity index (χ0) is 25.9. The Bertz CT molecular complexity index is 1320. The molecule has 36 heavy (non-hydrogen) atoms. The van der Waals surface area contributed by atoms with Gasteiger partial charge in [-0.05, 0) is 91.1 Å². The molecule has 0 amide bonds. The van der Waals surface area contributed by atoms with Crippen molar-refractivity contribution in [2.45, 2.75) is 51.0 Å². The predicted molar refractivity (Wildman–Crippen MR) is 143 cm³/mol. The summed E-state index contributed by atoms with van der Waals surface area (Å²) < 4.78 is 24.6. The first kappa shape index (κ1) is 26.4. The van der Waals surface area contributed by atoms with Crippen LogP contribution in [0.25, 0.3) is 0 Å². The van der Waals surface area contributed by atoms with E-state index < -0.39 is 16.3 Å². The summed E-state index contributed by atoms with van der Waals surface area (Å²) >= 11 is 6.23. The second kappa shape index (κ2) is 11.2. The van der Waals surface area contributed by atoms with E-state index in [1.165, 1.54) is 9.87 Å². The van der Waals surface area contributed by atoms with E-state index in [1.54, 1.807) is 6.20 Å². The highest BCUT2D eigenvalue weighted by Gasteiger charge is 2.27. The number of hydrogen-bond donors (Lipinski definition) is 1. The Balaban J connectivity index is 1.62. The zero-order valence-corrected chi connectivity index (χ0v) is 22.0. The van der Waals surface area contributed by atoms with Gasteiger partial charge in [-0.15, -0.1) is 0 Å². The molecule has 1 aliphatic heterocycles. The van der Waals surface area contributed by atoms with Crippen molar-refractivity contribution in [1.29, 1.82) is 0 Å². The molecule has 2 heterocycles. The molecule has 1 aliphatic rings. The van der Waals surface area contributed by atoms with Gasteiger partial charge in [0.1, 0.15) is 6.04 Å². The van der Waals surface area contributed by atoms with E-state index in [4.69, 9.17) is 16.7 Å². The third-order valence-electron chi connectivity index (χ3n) is 7.12. The number of nitroso groups, excluding NO2 is 1. The van der Waals surface area contributed by atoms with E-state index in [0.717, 1.165) is 40.8 Å². The molecule has 4 rings (SSSR count). The maximum Gasteiger partial charge on any atom is 0.276 e. The average molecular weight is 527 g/mol. The van der Waals surface area contributed by atoms with Gasteiger partial charge in [0.2, 0.25) is 0 Å². The molecule has 1 saturated heterocycles. The Morgan fingerprint density at radius 2 is 1.75 bits per heavy atom. The van der Waals surface area contributed by atoms with Crippen molar-refractivity contribution in [1.82, 2.24) is 9.29 Å². The molecule has 2 unspecified atom stereocenters. The van der Waals surface area contributed by atoms with E-state index in [-0.39, 0.29) is 11.8 Å². The molecular formula is C27H31ClN4O3S. The number of aryl methyl sites for hydroxylation is 2. The van der Waals surface area contributed by atoms with Crippen LogP contribution < -0.4 is 5.14 Å². The molecule has 0 spiro atoms. The fourth-order valence-corrected chi connectivity index (χ4v) is 6.10. The molecule has 2 N–H and O–H groups in total. The van der Waals surface area contributed by atoms with Crippen molar-refractivity contribution in [3.05, 3.63) is 104 Å². The number of halogens is 1. The standard InChI is InChI=1S/C27H31ClN4O3S/c1-18-15-24(28)7-8-25(18)26(17-27(31-33)23-9-12-30-19(2)16-23)22-5-3-20(4-6-22)21-10-13-32(14-11-21)36(29,34)35/h3-9,12,15-16,21,26-27H,10-11,13-14,17H2,1-2H3,(H2,29,34,35). The lowest BCUT2D eigenvalue weighted by molar-refractivity contribution is 0.320. The highest BCUT2D eigenvalue weighted by molar-refractivity contribution is 7.86. The number of piperidine rings is 1. The van der Waals surface area contributed by atoms with Crippen LogP contribution in [0.5, 0.6) is 0 Å². The van der Waals surface area contributed by atoms with Crippen molar-refractivity contribution >= 4 is 21.8 Å². The molecule has 3 aromatic rings. The van der Waals surface area contributed by atoms with E-state index >= 15 is 0 Å². The average Bonchev–Trinajstić information content (AvgIpc) is 2.85. The monoisotopic (exact) mass is 526 g/mol. The van der Waals surface area contributed by atoms with Crippen molar-refractivity contribution < 1.29 is 8.42 Å². The van der Waals surface area contributed by atoms with Gasteiger partial charge in [-0.3, -0.25) is 4.98 Å². The number of aromatic nitrogens is 1. The molecular weight excluding hydrogens is 496 g/mol.